The summed E-state index contributed by atoms with van der Waals surface area (Å²) in [5.41, 5.74) is 0.716. The van der Waals surface area contributed by atoms with Gasteiger partial charge in [0.2, 0.25) is 0 Å². The van der Waals surface area contributed by atoms with E-state index in [-0.39, 0.29) is 5.82 Å². The van der Waals surface area contributed by atoms with Gasteiger partial charge in [-0.05, 0) is 0 Å². The summed E-state index contributed by atoms with van der Waals surface area (Å²) in [6.07, 6.45) is 0.566. The van der Waals surface area contributed by atoms with Crippen LogP contribution < -0.4 is 15.9 Å². The van der Waals surface area contributed by atoms with Crippen LogP contribution in [0.4, 0.5) is 4.39 Å². The second-order valence-electron chi connectivity index (χ2n) is 6.94. The van der Waals surface area contributed by atoms with Crippen molar-refractivity contribution in [2.45, 2.75) is 6.16 Å². The fraction of sp³-hybridized carbons (Fsp3) is 0.0400. The van der Waals surface area contributed by atoms with E-state index in [0.717, 1.165) is 0 Å². The molecule has 0 unspecified atom stereocenters. The Morgan fingerprint density at radius 2 is 0.893 bits per heavy atom. The van der Waals surface area contributed by atoms with Gasteiger partial charge in [0.1, 0.15) is 0 Å². The molecule has 4 rings (SSSR count). The zero-order valence-corrected chi connectivity index (χ0v) is 17.9. The number of benzene rings is 4. The Bertz CT molecular complexity index is 966. The molecule has 0 heterocycles. The van der Waals surface area contributed by atoms with Crippen LogP contribution >= 0.6 is 20.8 Å². The van der Waals surface area contributed by atoms with Gasteiger partial charge >= 0.3 is 174 Å². The van der Waals surface area contributed by atoms with Gasteiger partial charge in [0.25, 0.3) is 0 Å². The van der Waals surface area contributed by atoms with Crippen LogP contribution in [0, 0.1) is 5.82 Å². The molecule has 0 bridgehead atoms. The van der Waals surface area contributed by atoms with E-state index in [4.69, 9.17) is 0 Å². The summed E-state index contributed by atoms with van der Waals surface area (Å²) in [5.74, 6) is -0.168. The molecular weight excluding hydrogens is 430 g/mol. The van der Waals surface area contributed by atoms with Crippen molar-refractivity contribution < 1.29 is 4.39 Å². The maximum absolute atomic E-state index is 14.8. The molecule has 0 atom stereocenters. The molecule has 0 aliphatic heterocycles. The first kappa shape index (κ1) is 19.1. The molecule has 0 radical (unpaired) electrons. The van der Waals surface area contributed by atoms with Crippen molar-refractivity contribution in [3.05, 3.63) is 127 Å². The second-order valence-corrected chi connectivity index (χ2v) is 15.9. The van der Waals surface area contributed by atoms with Gasteiger partial charge in [0.15, 0.2) is 0 Å². The van der Waals surface area contributed by atoms with E-state index in [9.17, 15) is 4.39 Å². The maximum atomic E-state index is 14.8. The molecule has 0 aliphatic rings. The van der Waals surface area contributed by atoms with Crippen LogP contribution in [0.3, 0.4) is 0 Å². The zero-order valence-electron chi connectivity index (χ0n) is 15.4. The van der Waals surface area contributed by atoms with Crippen molar-refractivity contribution >= 4 is 36.7 Å². The van der Waals surface area contributed by atoms with E-state index in [1.807, 2.05) is 30.3 Å². The third kappa shape index (κ3) is 3.11. The monoisotopic (exact) mass is 450 g/mol. The molecule has 0 N–H and O–H groups in total. The van der Waals surface area contributed by atoms with Gasteiger partial charge < -0.3 is 0 Å². The summed E-state index contributed by atoms with van der Waals surface area (Å²) < 4.78 is 14.8. The Hall–Kier alpha value is -2.28. The van der Waals surface area contributed by atoms with Crippen molar-refractivity contribution in [3.63, 3.8) is 0 Å². The molecule has 28 heavy (non-hydrogen) atoms. The van der Waals surface area contributed by atoms with Crippen LogP contribution in [-0.2, 0) is 6.16 Å². The summed E-state index contributed by atoms with van der Waals surface area (Å²) in [7, 11) is 0. The fourth-order valence-electron chi connectivity index (χ4n) is 3.88. The number of hydrogen-bond donors (Lipinski definition) is 0. The molecular formula is C25H21BrFP. The van der Waals surface area contributed by atoms with Crippen molar-refractivity contribution in [3.8, 4) is 0 Å². The summed E-state index contributed by atoms with van der Waals surface area (Å²) in [4.78, 5) is 0. The Kier molecular flexibility index (Phi) is 5.19. The van der Waals surface area contributed by atoms with Gasteiger partial charge in [-0.2, -0.15) is 0 Å². The third-order valence-electron chi connectivity index (χ3n) is 5.31. The van der Waals surface area contributed by atoms with Crippen molar-refractivity contribution in [2.75, 3.05) is 0 Å². The predicted octanol–water partition coefficient (Wildman–Crippen LogP) is 6.17. The van der Waals surface area contributed by atoms with E-state index in [2.05, 4.69) is 88.3 Å². The molecule has 0 aliphatic carbocycles. The summed E-state index contributed by atoms with van der Waals surface area (Å²) in [6, 6.07) is 38.5. The Labute approximate surface area is 173 Å². The van der Waals surface area contributed by atoms with Crippen LogP contribution in [0.25, 0.3) is 0 Å². The minimum atomic E-state index is -3.14. The number of hydrogen-bond acceptors (Lipinski definition) is 0. The summed E-state index contributed by atoms with van der Waals surface area (Å²) >= 11 is 4.35. The number of rotatable bonds is 5. The molecule has 0 aromatic heterocycles. The second kappa shape index (κ2) is 7.62. The average molecular weight is 451 g/mol. The quantitative estimate of drug-likeness (QED) is 0.319. The van der Waals surface area contributed by atoms with E-state index in [0.29, 0.717) is 11.7 Å². The molecule has 0 amide bonds. The molecule has 0 nitrogen and oxygen atoms in total. The Morgan fingerprint density at radius 1 is 0.536 bits per heavy atom. The molecule has 0 fully saturated rings. The zero-order chi connectivity index (χ0) is 19.5. The first-order valence-corrected chi connectivity index (χ1v) is 13.7. The van der Waals surface area contributed by atoms with E-state index in [1.165, 1.54) is 15.9 Å². The van der Waals surface area contributed by atoms with Crippen LogP contribution in [0.5, 0.6) is 0 Å². The molecule has 3 heteroatoms. The van der Waals surface area contributed by atoms with Gasteiger partial charge in [-0.3, -0.25) is 0 Å². The van der Waals surface area contributed by atoms with Gasteiger partial charge in [-0.15, -0.1) is 0 Å². The van der Waals surface area contributed by atoms with E-state index >= 15 is 0 Å². The standard InChI is InChI=1S/C25H21BrFP/c26-28(22-13-4-1-5-14-22,23-15-6-2-7-16-23,24-17-8-3-9-18-24)20-21-12-10-11-19-25(21)27/h1-19H,20H2. The topological polar surface area (TPSA) is 0 Å². The average Bonchev–Trinajstić information content (AvgIpc) is 2.77. The normalized spacial score (nSPS) is 12.9. The first-order valence-electron chi connectivity index (χ1n) is 9.26. The fourth-order valence-corrected chi connectivity index (χ4v) is 11.5. The SMILES string of the molecule is Fc1ccccc1CP(Br)(c1ccccc1)(c1ccccc1)c1ccccc1. The van der Waals surface area contributed by atoms with Gasteiger partial charge in [-0.1, -0.05) is 0 Å². The van der Waals surface area contributed by atoms with E-state index in [1.54, 1.807) is 12.1 Å². The molecule has 4 aromatic carbocycles. The molecule has 140 valence electrons. The van der Waals surface area contributed by atoms with Crippen molar-refractivity contribution in [2.24, 2.45) is 0 Å². The van der Waals surface area contributed by atoms with Gasteiger partial charge in [0, 0.05) is 0 Å². The predicted molar refractivity (Wildman–Crippen MR) is 124 cm³/mol. The van der Waals surface area contributed by atoms with Gasteiger partial charge in [-0.25, -0.2) is 0 Å². The summed E-state index contributed by atoms with van der Waals surface area (Å²) in [6.45, 7) is 0. The molecule has 0 saturated heterocycles. The van der Waals surface area contributed by atoms with Crippen molar-refractivity contribution in [1.29, 1.82) is 0 Å². The van der Waals surface area contributed by atoms with Crippen molar-refractivity contribution in [1.82, 2.24) is 0 Å². The number of halogens is 2. The Morgan fingerprint density at radius 3 is 1.29 bits per heavy atom. The summed E-state index contributed by atoms with van der Waals surface area (Å²) in [5, 5.41) is 0.427. The molecule has 4 aromatic rings. The van der Waals surface area contributed by atoms with Crippen LogP contribution in [-0.4, -0.2) is 0 Å². The molecule has 0 spiro atoms. The van der Waals surface area contributed by atoms with Crippen LogP contribution in [0.2, 0.25) is 0 Å². The van der Waals surface area contributed by atoms with Crippen LogP contribution in [0.15, 0.2) is 115 Å². The Balaban J connectivity index is 2.11. The molecule has 0 saturated carbocycles. The van der Waals surface area contributed by atoms with Crippen LogP contribution in [0.1, 0.15) is 5.56 Å². The van der Waals surface area contributed by atoms with E-state index < -0.39 is 5.31 Å². The third-order valence-corrected chi connectivity index (χ3v) is 14.8. The minimum absolute atomic E-state index is 0.168. The first-order chi connectivity index (χ1) is 13.6. The van der Waals surface area contributed by atoms with Gasteiger partial charge in [0.05, 0.1) is 0 Å².